The Morgan fingerprint density at radius 3 is 2.54 bits per heavy atom. The lowest BCUT2D eigenvalue weighted by molar-refractivity contribution is -0.119. The number of para-hydroxylation sites is 1. The van der Waals surface area contributed by atoms with Crippen LogP contribution in [-0.4, -0.2) is 40.3 Å². The predicted molar refractivity (Wildman–Crippen MR) is 112 cm³/mol. The first-order valence-electron chi connectivity index (χ1n) is 9.24. The molecule has 0 unspecified atom stereocenters. The Morgan fingerprint density at radius 2 is 1.86 bits per heavy atom. The van der Waals surface area contributed by atoms with Gasteiger partial charge in [0.05, 0.1) is 18.5 Å². The summed E-state index contributed by atoms with van der Waals surface area (Å²) in [5.74, 6) is 0.407. The molecule has 2 aromatic carbocycles. The third-order valence-corrected chi connectivity index (χ3v) is 5.48. The van der Waals surface area contributed by atoms with Crippen LogP contribution >= 0.6 is 0 Å². The maximum atomic E-state index is 12.3. The molecule has 1 amide bonds. The van der Waals surface area contributed by atoms with Crippen LogP contribution in [-0.2, 0) is 21.2 Å². The molecule has 0 heterocycles. The molecular weight excluding hydrogens is 376 g/mol. The normalized spacial score (nSPS) is 11.1. The highest BCUT2D eigenvalue weighted by Gasteiger charge is 2.22. The van der Waals surface area contributed by atoms with E-state index in [1.54, 1.807) is 12.1 Å². The molecule has 0 aromatic heterocycles. The molecule has 0 bridgehead atoms. The predicted octanol–water partition coefficient (Wildman–Crippen LogP) is 2.83. The van der Waals surface area contributed by atoms with Crippen LogP contribution in [0.15, 0.2) is 42.5 Å². The molecule has 7 heteroatoms. The Balaban J connectivity index is 1.96. The average Bonchev–Trinajstić information content (AvgIpc) is 2.65. The van der Waals surface area contributed by atoms with Gasteiger partial charge in [-0.15, -0.1) is 0 Å². The van der Waals surface area contributed by atoms with Gasteiger partial charge >= 0.3 is 0 Å². The summed E-state index contributed by atoms with van der Waals surface area (Å²) in [6.07, 6.45) is 1.78. The van der Waals surface area contributed by atoms with Crippen LogP contribution < -0.4 is 14.4 Å². The molecule has 152 valence electrons. The van der Waals surface area contributed by atoms with E-state index in [4.69, 9.17) is 4.74 Å². The Morgan fingerprint density at radius 1 is 1.14 bits per heavy atom. The van der Waals surface area contributed by atoms with E-state index in [1.165, 1.54) is 0 Å². The number of rotatable bonds is 9. The fourth-order valence-electron chi connectivity index (χ4n) is 2.83. The van der Waals surface area contributed by atoms with Gasteiger partial charge in [0.1, 0.15) is 18.9 Å². The van der Waals surface area contributed by atoms with Crippen LogP contribution in [0.3, 0.4) is 0 Å². The molecule has 1 N–H and O–H groups in total. The number of aryl methyl sites for hydroxylation is 3. The van der Waals surface area contributed by atoms with Crippen molar-refractivity contribution < 1.29 is 17.9 Å². The van der Waals surface area contributed by atoms with Crippen molar-refractivity contribution in [3.8, 4) is 5.75 Å². The van der Waals surface area contributed by atoms with E-state index in [9.17, 15) is 13.2 Å². The summed E-state index contributed by atoms with van der Waals surface area (Å²) in [6, 6.07) is 13.1. The molecule has 0 atom stereocenters. The van der Waals surface area contributed by atoms with E-state index >= 15 is 0 Å². The monoisotopic (exact) mass is 404 g/mol. The molecule has 0 spiro atoms. The summed E-state index contributed by atoms with van der Waals surface area (Å²) in [5, 5.41) is 2.73. The van der Waals surface area contributed by atoms with Gasteiger partial charge in [0.2, 0.25) is 15.9 Å². The standard InChI is InChI=1S/C21H28N2O4S/c1-5-18-8-6-7-9-19(18)23(28(4,25)26)15-21(24)22-12-13-27-20-14-16(2)10-11-17(20)3/h6-11,14H,5,12-13,15H2,1-4H3,(H,22,24). The Labute approximate surface area is 167 Å². The molecule has 28 heavy (non-hydrogen) atoms. The van der Waals surface area contributed by atoms with Gasteiger partial charge in [0.25, 0.3) is 0 Å². The number of amides is 1. The van der Waals surface area contributed by atoms with Crippen LogP contribution in [0.2, 0.25) is 0 Å². The van der Waals surface area contributed by atoms with E-state index in [1.807, 2.05) is 51.1 Å². The molecule has 2 aromatic rings. The zero-order valence-electron chi connectivity index (χ0n) is 16.9. The largest absolute Gasteiger partial charge is 0.491 e. The lowest BCUT2D eigenvalue weighted by atomic mass is 10.1. The number of anilines is 1. The van der Waals surface area contributed by atoms with Crippen LogP contribution in [0.1, 0.15) is 23.6 Å². The second-order valence-electron chi connectivity index (χ2n) is 6.72. The molecule has 0 saturated heterocycles. The molecular formula is C21H28N2O4S. The third-order valence-electron chi connectivity index (χ3n) is 4.35. The highest BCUT2D eigenvalue weighted by Crippen LogP contribution is 2.23. The van der Waals surface area contributed by atoms with Gasteiger partial charge in [-0.3, -0.25) is 9.10 Å². The zero-order chi connectivity index (χ0) is 20.7. The number of carbonyl (C=O) groups is 1. The molecule has 0 saturated carbocycles. The van der Waals surface area contributed by atoms with Crippen molar-refractivity contribution in [2.24, 2.45) is 0 Å². The number of nitrogens with one attached hydrogen (secondary N) is 1. The maximum absolute atomic E-state index is 12.3. The quantitative estimate of drug-likeness (QED) is 0.652. The Bertz CT molecular complexity index is 926. The molecule has 0 aliphatic rings. The van der Waals surface area contributed by atoms with Gasteiger partial charge < -0.3 is 10.1 Å². The zero-order valence-corrected chi connectivity index (χ0v) is 17.7. The Hall–Kier alpha value is -2.54. The summed E-state index contributed by atoms with van der Waals surface area (Å²) < 4.78 is 31.3. The molecule has 6 nitrogen and oxygen atoms in total. The summed E-state index contributed by atoms with van der Waals surface area (Å²) in [4.78, 5) is 12.3. The fourth-order valence-corrected chi connectivity index (χ4v) is 3.72. The second-order valence-corrected chi connectivity index (χ2v) is 8.63. The lowest BCUT2D eigenvalue weighted by Gasteiger charge is -2.24. The van der Waals surface area contributed by atoms with Crippen molar-refractivity contribution in [1.29, 1.82) is 0 Å². The van der Waals surface area contributed by atoms with Crippen molar-refractivity contribution in [3.63, 3.8) is 0 Å². The van der Waals surface area contributed by atoms with Gasteiger partial charge in [-0.2, -0.15) is 0 Å². The minimum Gasteiger partial charge on any atom is -0.491 e. The fraction of sp³-hybridized carbons (Fsp3) is 0.381. The van der Waals surface area contributed by atoms with Crippen LogP contribution in [0.4, 0.5) is 5.69 Å². The van der Waals surface area contributed by atoms with Crippen molar-refractivity contribution >= 4 is 21.6 Å². The van der Waals surface area contributed by atoms with Crippen molar-refractivity contribution in [1.82, 2.24) is 5.32 Å². The van der Waals surface area contributed by atoms with Crippen molar-refractivity contribution in [3.05, 3.63) is 59.2 Å². The number of benzene rings is 2. The minimum absolute atomic E-state index is 0.265. The number of sulfonamides is 1. The minimum atomic E-state index is -3.59. The van der Waals surface area contributed by atoms with E-state index < -0.39 is 10.0 Å². The molecule has 2 rings (SSSR count). The van der Waals surface area contributed by atoms with Crippen LogP contribution in [0.25, 0.3) is 0 Å². The molecule has 0 fully saturated rings. The number of hydrogen-bond donors (Lipinski definition) is 1. The molecule has 0 aliphatic carbocycles. The van der Waals surface area contributed by atoms with Crippen LogP contribution in [0.5, 0.6) is 5.75 Å². The van der Waals surface area contributed by atoms with E-state index in [-0.39, 0.29) is 12.5 Å². The van der Waals surface area contributed by atoms with Crippen LogP contribution in [0, 0.1) is 13.8 Å². The lowest BCUT2D eigenvalue weighted by Crippen LogP contribution is -2.41. The van der Waals surface area contributed by atoms with E-state index in [2.05, 4.69) is 5.32 Å². The number of ether oxygens (including phenoxy) is 1. The first-order chi connectivity index (χ1) is 13.2. The molecule has 0 radical (unpaired) electrons. The Kier molecular flexibility index (Phi) is 7.45. The van der Waals surface area contributed by atoms with Crippen molar-refractivity contribution in [2.45, 2.75) is 27.2 Å². The summed E-state index contributed by atoms with van der Waals surface area (Å²) in [6.45, 7) is 6.23. The van der Waals surface area contributed by atoms with Gasteiger partial charge in [0, 0.05) is 0 Å². The highest BCUT2D eigenvalue weighted by molar-refractivity contribution is 7.92. The summed E-state index contributed by atoms with van der Waals surface area (Å²) in [7, 11) is -3.59. The second kappa shape index (κ2) is 9.59. The van der Waals surface area contributed by atoms with E-state index in [0.29, 0.717) is 25.3 Å². The highest BCUT2D eigenvalue weighted by atomic mass is 32.2. The van der Waals surface area contributed by atoms with Gasteiger partial charge in [-0.05, 0) is 49.1 Å². The first kappa shape index (κ1) is 21.8. The summed E-state index contributed by atoms with van der Waals surface area (Å²) >= 11 is 0. The average molecular weight is 405 g/mol. The maximum Gasteiger partial charge on any atom is 0.240 e. The van der Waals surface area contributed by atoms with Gasteiger partial charge in [0.15, 0.2) is 0 Å². The topological polar surface area (TPSA) is 75.7 Å². The number of hydrogen-bond acceptors (Lipinski definition) is 4. The SMILES string of the molecule is CCc1ccccc1N(CC(=O)NCCOc1cc(C)ccc1C)S(C)(=O)=O. The van der Waals surface area contributed by atoms with Gasteiger partial charge in [-0.1, -0.05) is 37.3 Å². The van der Waals surface area contributed by atoms with Crippen molar-refractivity contribution in [2.75, 3.05) is 30.3 Å². The number of nitrogens with zero attached hydrogens (tertiary/aromatic N) is 1. The first-order valence-corrected chi connectivity index (χ1v) is 11.1. The van der Waals surface area contributed by atoms with Gasteiger partial charge in [-0.25, -0.2) is 8.42 Å². The smallest absolute Gasteiger partial charge is 0.240 e. The van der Waals surface area contributed by atoms with E-state index in [0.717, 1.165) is 33.0 Å². The third kappa shape index (κ3) is 5.99. The summed E-state index contributed by atoms with van der Waals surface area (Å²) in [5.41, 5.74) is 3.53. The molecule has 0 aliphatic heterocycles. The number of carbonyl (C=O) groups excluding carboxylic acids is 1.